The summed E-state index contributed by atoms with van der Waals surface area (Å²) in [5.74, 6) is 0.209. The minimum Gasteiger partial charge on any atom is -0.468 e. The van der Waals surface area contributed by atoms with E-state index in [-0.39, 0.29) is 5.78 Å². The van der Waals surface area contributed by atoms with E-state index in [0.717, 1.165) is 5.76 Å². The summed E-state index contributed by atoms with van der Waals surface area (Å²) >= 11 is 0. The van der Waals surface area contributed by atoms with E-state index in [9.17, 15) is 9.59 Å². The molecule has 0 saturated heterocycles. The molecular formula is C16H20N2O4. The van der Waals surface area contributed by atoms with Gasteiger partial charge in [-0.3, -0.25) is 4.79 Å². The van der Waals surface area contributed by atoms with E-state index in [1.807, 2.05) is 6.07 Å². The highest BCUT2D eigenvalue weighted by atomic mass is 16.5. The second-order valence-electron chi connectivity index (χ2n) is 5.16. The molecule has 0 fully saturated rings. The Morgan fingerprint density at radius 2 is 2.14 bits per heavy atom. The fourth-order valence-corrected chi connectivity index (χ4v) is 2.40. The average Bonchev–Trinajstić information content (AvgIpc) is 3.11. The van der Waals surface area contributed by atoms with Gasteiger partial charge in [-0.2, -0.15) is 0 Å². The summed E-state index contributed by atoms with van der Waals surface area (Å²) in [6, 6.07) is 3.24. The highest BCUT2D eigenvalue weighted by Crippen LogP contribution is 2.20. The van der Waals surface area contributed by atoms with Gasteiger partial charge in [0.1, 0.15) is 11.5 Å². The lowest BCUT2D eigenvalue weighted by atomic mass is 10.0. The number of ether oxygens (including phenoxy) is 1. The van der Waals surface area contributed by atoms with Crippen LogP contribution < -0.4 is 5.32 Å². The first kappa shape index (κ1) is 16.0. The molecule has 1 unspecified atom stereocenters. The molecule has 0 amide bonds. The SMILES string of the molecule is COC(=O)c1[nH]c(C)c(C(=O)C(C)NCc2ccco2)c1C. The van der Waals surface area contributed by atoms with E-state index in [1.165, 1.54) is 7.11 Å². The van der Waals surface area contributed by atoms with Gasteiger partial charge < -0.3 is 19.5 Å². The molecule has 118 valence electrons. The Kier molecular flexibility index (Phi) is 4.82. The van der Waals surface area contributed by atoms with Crippen LogP contribution in [0.5, 0.6) is 0 Å². The van der Waals surface area contributed by atoms with Crippen LogP contribution in [0.1, 0.15) is 44.8 Å². The van der Waals surface area contributed by atoms with Crippen LogP contribution in [0.3, 0.4) is 0 Å². The Hall–Kier alpha value is -2.34. The van der Waals surface area contributed by atoms with Crippen molar-refractivity contribution in [2.45, 2.75) is 33.4 Å². The van der Waals surface area contributed by atoms with E-state index in [0.29, 0.717) is 29.1 Å². The maximum absolute atomic E-state index is 12.6. The van der Waals surface area contributed by atoms with E-state index in [1.54, 1.807) is 33.1 Å². The lowest BCUT2D eigenvalue weighted by molar-refractivity contribution is 0.0594. The summed E-state index contributed by atoms with van der Waals surface area (Å²) in [7, 11) is 1.31. The quantitative estimate of drug-likeness (QED) is 0.632. The average molecular weight is 304 g/mol. The summed E-state index contributed by atoms with van der Waals surface area (Å²) in [5.41, 5.74) is 2.12. The maximum atomic E-state index is 12.6. The lowest BCUT2D eigenvalue weighted by Gasteiger charge is -2.12. The molecule has 2 aromatic heterocycles. The number of Topliss-reactive ketones (excluding diaryl/α,β-unsaturated/α-hetero) is 1. The fraction of sp³-hybridized carbons (Fsp3) is 0.375. The van der Waals surface area contributed by atoms with Crippen molar-refractivity contribution in [1.29, 1.82) is 0 Å². The van der Waals surface area contributed by atoms with Crippen LogP contribution in [-0.2, 0) is 11.3 Å². The third-order valence-electron chi connectivity index (χ3n) is 3.63. The zero-order valence-corrected chi connectivity index (χ0v) is 13.1. The number of aromatic amines is 1. The number of H-pyrrole nitrogens is 1. The molecule has 6 nitrogen and oxygen atoms in total. The van der Waals surface area contributed by atoms with Crippen LogP contribution >= 0.6 is 0 Å². The number of aromatic nitrogens is 1. The number of furan rings is 1. The predicted molar refractivity (Wildman–Crippen MR) is 80.9 cm³/mol. The standard InChI is InChI=1S/C16H20N2O4/c1-9-13(10(2)18-14(9)16(20)21-4)15(19)11(3)17-8-12-6-5-7-22-12/h5-7,11,17-18H,8H2,1-4H3. The molecule has 2 heterocycles. The van der Waals surface area contributed by atoms with Crippen molar-refractivity contribution in [3.63, 3.8) is 0 Å². The minimum absolute atomic E-state index is 0.0760. The van der Waals surface area contributed by atoms with Crippen LogP contribution in [0.25, 0.3) is 0 Å². The van der Waals surface area contributed by atoms with Crippen molar-refractivity contribution < 1.29 is 18.7 Å². The molecule has 0 aliphatic carbocycles. The Bertz CT molecular complexity index is 671. The molecule has 2 aromatic rings. The zero-order chi connectivity index (χ0) is 16.3. The van der Waals surface area contributed by atoms with Crippen LogP contribution in [0.2, 0.25) is 0 Å². The summed E-state index contributed by atoms with van der Waals surface area (Å²) in [6.07, 6.45) is 1.59. The normalized spacial score (nSPS) is 12.2. The van der Waals surface area contributed by atoms with E-state index < -0.39 is 12.0 Å². The Morgan fingerprint density at radius 3 is 2.73 bits per heavy atom. The van der Waals surface area contributed by atoms with Gasteiger partial charge in [0.05, 0.1) is 26.0 Å². The number of carbonyl (C=O) groups excluding carboxylic acids is 2. The van der Waals surface area contributed by atoms with Crippen LogP contribution in [0.4, 0.5) is 0 Å². The third kappa shape index (κ3) is 3.12. The number of carbonyl (C=O) groups is 2. The van der Waals surface area contributed by atoms with Gasteiger partial charge in [0.15, 0.2) is 5.78 Å². The highest BCUT2D eigenvalue weighted by molar-refractivity contribution is 6.05. The molecule has 2 N–H and O–H groups in total. The van der Waals surface area contributed by atoms with Gasteiger partial charge in [0.25, 0.3) is 0 Å². The van der Waals surface area contributed by atoms with Gasteiger partial charge in [-0.1, -0.05) is 0 Å². The maximum Gasteiger partial charge on any atom is 0.354 e. The van der Waals surface area contributed by atoms with Crippen LogP contribution in [-0.4, -0.2) is 29.9 Å². The number of aryl methyl sites for hydroxylation is 1. The largest absolute Gasteiger partial charge is 0.468 e. The number of nitrogens with one attached hydrogen (secondary N) is 2. The second-order valence-corrected chi connectivity index (χ2v) is 5.16. The van der Waals surface area contributed by atoms with E-state index >= 15 is 0 Å². The predicted octanol–water partition coefficient (Wildman–Crippen LogP) is 2.37. The van der Waals surface area contributed by atoms with Gasteiger partial charge in [-0.25, -0.2) is 4.79 Å². The van der Waals surface area contributed by atoms with Gasteiger partial charge in [0, 0.05) is 11.3 Å². The molecule has 0 aromatic carbocycles. The van der Waals surface area contributed by atoms with Gasteiger partial charge >= 0.3 is 5.97 Å². The Labute approximate surface area is 128 Å². The molecule has 0 spiro atoms. The number of hydrogen-bond donors (Lipinski definition) is 2. The monoisotopic (exact) mass is 304 g/mol. The Balaban J connectivity index is 2.14. The zero-order valence-electron chi connectivity index (χ0n) is 13.1. The van der Waals surface area contributed by atoms with Crippen molar-refractivity contribution in [2.24, 2.45) is 0 Å². The van der Waals surface area contributed by atoms with E-state index in [2.05, 4.69) is 10.3 Å². The molecule has 2 rings (SSSR count). The van der Waals surface area contributed by atoms with Crippen LogP contribution in [0, 0.1) is 13.8 Å². The highest BCUT2D eigenvalue weighted by Gasteiger charge is 2.25. The first-order valence-electron chi connectivity index (χ1n) is 7.03. The first-order valence-corrected chi connectivity index (χ1v) is 7.03. The Morgan fingerprint density at radius 1 is 1.41 bits per heavy atom. The lowest BCUT2D eigenvalue weighted by Crippen LogP contribution is -2.34. The fourth-order valence-electron chi connectivity index (χ4n) is 2.40. The smallest absolute Gasteiger partial charge is 0.354 e. The van der Waals surface area contributed by atoms with Crippen molar-refractivity contribution in [3.8, 4) is 0 Å². The summed E-state index contributed by atoms with van der Waals surface area (Å²) < 4.78 is 9.94. The number of rotatable bonds is 6. The molecule has 0 bridgehead atoms. The van der Waals surface area contributed by atoms with Crippen molar-refractivity contribution in [1.82, 2.24) is 10.3 Å². The number of hydrogen-bond acceptors (Lipinski definition) is 5. The summed E-state index contributed by atoms with van der Waals surface area (Å²) in [4.78, 5) is 27.2. The molecule has 0 aliphatic heterocycles. The van der Waals surface area contributed by atoms with E-state index in [4.69, 9.17) is 9.15 Å². The molecule has 0 aliphatic rings. The van der Waals surface area contributed by atoms with Crippen molar-refractivity contribution >= 4 is 11.8 Å². The topological polar surface area (TPSA) is 84.3 Å². The molecule has 0 radical (unpaired) electrons. The third-order valence-corrected chi connectivity index (χ3v) is 3.63. The molecule has 1 atom stereocenters. The number of methoxy groups -OCH3 is 1. The first-order chi connectivity index (χ1) is 10.5. The van der Waals surface area contributed by atoms with Gasteiger partial charge in [-0.15, -0.1) is 0 Å². The number of esters is 1. The van der Waals surface area contributed by atoms with Crippen molar-refractivity contribution in [3.05, 3.63) is 46.7 Å². The molecule has 6 heteroatoms. The minimum atomic E-state index is -0.476. The van der Waals surface area contributed by atoms with Crippen molar-refractivity contribution in [2.75, 3.05) is 7.11 Å². The second kappa shape index (κ2) is 6.62. The number of ketones is 1. The molecule has 0 saturated carbocycles. The van der Waals surface area contributed by atoms with Gasteiger partial charge in [-0.05, 0) is 38.5 Å². The summed E-state index contributed by atoms with van der Waals surface area (Å²) in [6.45, 7) is 5.76. The molecular weight excluding hydrogens is 284 g/mol. The van der Waals surface area contributed by atoms with Crippen LogP contribution in [0.15, 0.2) is 22.8 Å². The summed E-state index contributed by atoms with van der Waals surface area (Å²) in [5, 5.41) is 3.12. The van der Waals surface area contributed by atoms with Gasteiger partial charge in [0.2, 0.25) is 0 Å². The molecule has 22 heavy (non-hydrogen) atoms.